The number of hydrogen-bond donors (Lipinski definition) is 0. The Labute approximate surface area is 237 Å². The number of aryl methyl sites for hydroxylation is 1. The summed E-state index contributed by atoms with van der Waals surface area (Å²) in [6.45, 7) is 8.15. The molecule has 1 fully saturated rings. The predicted molar refractivity (Wildman–Crippen MR) is 154 cm³/mol. The minimum Gasteiger partial charge on any atom is -0.446 e. The Kier molecular flexibility index (Phi) is 17.8. The summed E-state index contributed by atoms with van der Waals surface area (Å²) in [6.07, 6.45) is 21.0. The highest BCUT2D eigenvalue weighted by Gasteiger charge is 2.32. The average Bonchev–Trinajstić information content (AvgIpc) is 2.91. The van der Waals surface area contributed by atoms with Gasteiger partial charge in [0.25, 0.3) is 0 Å². The van der Waals surface area contributed by atoms with Gasteiger partial charge >= 0.3 is 6.09 Å². The molecule has 0 radical (unpaired) electrons. The highest BCUT2D eigenvalue weighted by molar-refractivity contribution is 5.90. The number of unbranched alkanes of at least 4 members (excludes halogenated alkanes) is 13. The molecule has 0 unspecified atom stereocenters. The van der Waals surface area contributed by atoms with Crippen LogP contribution in [0.15, 0.2) is 24.4 Å². The highest BCUT2D eigenvalue weighted by atomic mass is 16.6. The van der Waals surface area contributed by atoms with Gasteiger partial charge in [0.05, 0.1) is 18.8 Å². The fourth-order valence-corrected chi connectivity index (χ4v) is 5.05. The first-order chi connectivity index (χ1) is 19.0. The first-order valence-electron chi connectivity index (χ1n) is 15.7. The molecular weight excluding hydrogens is 492 g/mol. The fourth-order valence-electron chi connectivity index (χ4n) is 5.05. The second-order valence-corrected chi connectivity index (χ2v) is 10.9. The third-order valence-electron chi connectivity index (χ3n) is 7.55. The van der Waals surface area contributed by atoms with E-state index in [1.165, 1.54) is 90.4 Å². The Balaban J connectivity index is 1.41. The van der Waals surface area contributed by atoms with E-state index in [9.17, 15) is 9.59 Å². The Bertz CT molecular complexity index is 797. The number of imide groups is 1. The van der Waals surface area contributed by atoms with Gasteiger partial charge in [-0.3, -0.25) is 4.79 Å². The maximum absolute atomic E-state index is 12.5. The predicted octanol–water partition coefficient (Wildman–Crippen LogP) is 7.13. The van der Waals surface area contributed by atoms with Gasteiger partial charge < -0.3 is 14.2 Å². The van der Waals surface area contributed by atoms with Crippen molar-refractivity contribution in [2.45, 2.75) is 142 Å². The number of carbonyl (C=O) groups is 2. The molecule has 2 amide bonds. The van der Waals surface area contributed by atoms with E-state index >= 15 is 0 Å². The van der Waals surface area contributed by atoms with Crippen molar-refractivity contribution in [3.63, 3.8) is 0 Å². The lowest BCUT2D eigenvalue weighted by Crippen LogP contribution is -2.46. The largest absolute Gasteiger partial charge is 0.446 e. The van der Waals surface area contributed by atoms with E-state index in [4.69, 9.17) is 14.2 Å². The monoisotopic (exact) mass is 547 g/mol. The molecule has 39 heavy (non-hydrogen) atoms. The summed E-state index contributed by atoms with van der Waals surface area (Å²) in [4.78, 5) is 25.7. The van der Waals surface area contributed by atoms with Gasteiger partial charge in [0.2, 0.25) is 11.6 Å². The minimum absolute atomic E-state index is 0.0667. The molecule has 7 nitrogen and oxygen atoms in total. The lowest BCUT2D eigenvalue weighted by atomic mass is 10.0. The van der Waals surface area contributed by atoms with Gasteiger partial charge in [-0.1, -0.05) is 96.5 Å². The summed E-state index contributed by atoms with van der Waals surface area (Å²) in [5.74, 6) is -0.337. The Hall–Kier alpha value is -1.99. The Morgan fingerprint density at radius 2 is 1.44 bits per heavy atom. The van der Waals surface area contributed by atoms with Crippen LogP contribution < -0.4 is 4.57 Å². The number of ether oxygens (including phenoxy) is 3. The fraction of sp³-hybridized carbons (Fsp3) is 0.781. The molecular formula is C32H55N2O5+. The van der Waals surface area contributed by atoms with E-state index in [2.05, 4.69) is 6.92 Å². The first kappa shape index (κ1) is 33.2. The van der Waals surface area contributed by atoms with Crippen molar-refractivity contribution in [1.29, 1.82) is 0 Å². The van der Waals surface area contributed by atoms with Crippen molar-refractivity contribution in [3.8, 4) is 0 Å². The third kappa shape index (κ3) is 14.3. The molecule has 0 spiro atoms. The van der Waals surface area contributed by atoms with Crippen LogP contribution in [0.5, 0.6) is 0 Å². The van der Waals surface area contributed by atoms with Crippen molar-refractivity contribution in [2.24, 2.45) is 0 Å². The number of rotatable bonds is 22. The molecule has 0 bridgehead atoms. The van der Waals surface area contributed by atoms with Crippen LogP contribution in [0, 0.1) is 0 Å². The Morgan fingerprint density at radius 1 is 0.872 bits per heavy atom. The molecule has 222 valence electrons. The molecule has 1 aromatic heterocycles. The SMILES string of the molecule is CCCCCCCCCCCCCCCCOC[C@H]1C[C@@H](COC(=O)N(Cc2cccc[n+]2CC)C(C)=O)O1. The van der Waals surface area contributed by atoms with Gasteiger partial charge in [-0.2, -0.15) is 0 Å². The first-order valence-corrected chi connectivity index (χ1v) is 15.7. The van der Waals surface area contributed by atoms with Gasteiger partial charge in [-0.25, -0.2) is 14.3 Å². The molecule has 1 saturated heterocycles. The zero-order valence-electron chi connectivity index (χ0n) is 25.0. The molecule has 0 saturated carbocycles. The number of nitrogens with zero attached hydrogens (tertiary/aromatic N) is 2. The van der Waals surface area contributed by atoms with E-state index in [0.29, 0.717) is 6.61 Å². The zero-order valence-corrected chi connectivity index (χ0v) is 25.0. The van der Waals surface area contributed by atoms with Gasteiger partial charge in [0.1, 0.15) is 19.7 Å². The summed E-state index contributed by atoms with van der Waals surface area (Å²) in [6, 6.07) is 5.73. The maximum Gasteiger partial charge on any atom is 0.417 e. The van der Waals surface area contributed by atoms with Crippen molar-refractivity contribution in [1.82, 2.24) is 4.90 Å². The third-order valence-corrected chi connectivity index (χ3v) is 7.55. The van der Waals surface area contributed by atoms with E-state index in [0.717, 1.165) is 36.6 Å². The summed E-state index contributed by atoms with van der Waals surface area (Å²) >= 11 is 0. The van der Waals surface area contributed by atoms with Crippen molar-refractivity contribution in [3.05, 3.63) is 30.1 Å². The van der Waals surface area contributed by atoms with Crippen LogP contribution in [-0.2, 0) is 32.1 Å². The summed E-state index contributed by atoms with van der Waals surface area (Å²) in [5, 5.41) is 0. The van der Waals surface area contributed by atoms with Crippen molar-refractivity contribution in [2.75, 3.05) is 19.8 Å². The van der Waals surface area contributed by atoms with Crippen LogP contribution in [0.1, 0.15) is 123 Å². The van der Waals surface area contributed by atoms with Gasteiger partial charge in [0, 0.05) is 32.1 Å². The lowest BCUT2D eigenvalue weighted by molar-refractivity contribution is -0.701. The summed E-state index contributed by atoms with van der Waals surface area (Å²) in [7, 11) is 0. The van der Waals surface area contributed by atoms with Crippen LogP contribution in [-0.4, -0.2) is 48.9 Å². The quantitative estimate of drug-likeness (QED) is 0.114. The summed E-state index contributed by atoms with van der Waals surface area (Å²) in [5.41, 5.74) is 0.878. The number of carbonyl (C=O) groups excluding carboxylic acids is 2. The topological polar surface area (TPSA) is 69.0 Å². The Morgan fingerprint density at radius 3 is 2.00 bits per heavy atom. The smallest absolute Gasteiger partial charge is 0.417 e. The standard InChI is InChI=1S/C32H55N2O5/c1-4-6-7-8-9-10-11-12-13-14-15-16-17-20-23-37-26-30-24-31(39-30)27-38-32(36)34(28(3)35)25-29-21-18-19-22-33(29)5-2/h18-19,21-22,30-31H,4-17,20,23-27H2,1-3H3/q+1/t30-,31+/m1/s1. The number of aromatic nitrogens is 1. The highest BCUT2D eigenvalue weighted by Crippen LogP contribution is 2.22. The second kappa shape index (κ2) is 20.8. The van der Waals surface area contributed by atoms with E-state index in [-0.39, 0.29) is 31.3 Å². The molecule has 1 aliphatic heterocycles. The average molecular weight is 548 g/mol. The molecule has 2 heterocycles. The molecule has 1 aliphatic rings. The number of hydrogen-bond acceptors (Lipinski definition) is 5. The normalized spacial score (nSPS) is 16.6. The van der Waals surface area contributed by atoms with Gasteiger partial charge in [-0.05, 0) is 13.3 Å². The minimum atomic E-state index is -0.630. The molecule has 0 aromatic carbocycles. The zero-order chi connectivity index (χ0) is 28.1. The van der Waals surface area contributed by atoms with Crippen LogP contribution in [0.25, 0.3) is 0 Å². The molecule has 2 atom stereocenters. The number of pyridine rings is 1. The van der Waals surface area contributed by atoms with E-state index < -0.39 is 6.09 Å². The van der Waals surface area contributed by atoms with Crippen LogP contribution >= 0.6 is 0 Å². The second-order valence-electron chi connectivity index (χ2n) is 10.9. The molecule has 1 aromatic rings. The van der Waals surface area contributed by atoms with Gasteiger partial charge in [-0.15, -0.1) is 0 Å². The van der Waals surface area contributed by atoms with Gasteiger partial charge in [0.15, 0.2) is 6.20 Å². The molecule has 2 rings (SSSR count). The van der Waals surface area contributed by atoms with E-state index in [1.807, 2.05) is 35.9 Å². The van der Waals surface area contributed by atoms with Crippen LogP contribution in [0.3, 0.4) is 0 Å². The van der Waals surface area contributed by atoms with E-state index in [1.54, 1.807) is 0 Å². The lowest BCUT2D eigenvalue weighted by Gasteiger charge is -2.35. The van der Waals surface area contributed by atoms with Crippen LogP contribution in [0.2, 0.25) is 0 Å². The molecule has 0 N–H and O–H groups in total. The maximum atomic E-state index is 12.5. The summed E-state index contributed by atoms with van der Waals surface area (Å²) < 4.78 is 19.0. The van der Waals surface area contributed by atoms with Crippen LogP contribution in [0.4, 0.5) is 4.79 Å². The van der Waals surface area contributed by atoms with Crippen molar-refractivity contribution >= 4 is 12.0 Å². The van der Waals surface area contributed by atoms with Crippen molar-refractivity contribution < 1.29 is 28.4 Å². The number of amides is 2. The molecule has 7 heteroatoms. The molecule has 0 aliphatic carbocycles.